The monoisotopic (exact) mass is 331 g/mol. The molecule has 21 heavy (non-hydrogen) atoms. The van der Waals surface area contributed by atoms with Crippen molar-refractivity contribution in [2.45, 2.75) is 19.4 Å². The van der Waals surface area contributed by atoms with Gasteiger partial charge in [0.25, 0.3) is 5.91 Å². The molecular weight excluding hydrogens is 317 g/mol. The third-order valence-electron chi connectivity index (χ3n) is 3.40. The van der Waals surface area contributed by atoms with Crippen molar-refractivity contribution in [3.05, 3.63) is 28.2 Å². The summed E-state index contributed by atoms with van der Waals surface area (Å²) < 4.78 is 5.54. The molecule has 1 aromatic carbocycles. The molecule has 1 amide bonds. The molecule has 0 unspecified atom stereocenters. The largest absolute Gasteiger partial charge is 0.481 e. The fourth-order valence-corrected chi connectivity index (χ4v) is 2.51. The zero-order valence-corrected chi connectivity index (χ0v) is 12.9. The molecule has 0 bridgehead atoms. The van der Waals surface area contributed by atoms with Crippen LogP contribution in [0.25, 0.3) is 0 Å². The Morgan fingerprint density at radius 3 is 2.67 bits per heavy atom. The summed E-state index contributed by atoms with van der Waals surface area (Å²) in [6.07, 6.45) is -0.240. The number of carboxylic acids is 1. The molecule has 0 radical (unpaired) electrons. The quantitative estimate of drug-likeness (QED) is 0.921. The normalized spacial score (nSPS) is 19.4. The average molecular weight is 332 g/mol. The molecule has 114 valence electrons. The Bertz CT molecular complexity index is 564. The standard InChI is InChI=1S/C14H15Cl2NO4/c1-8(21-10-2-3-11(15)12(16)6-10)13(18)17-5-4-9(7-17)14(19)20/h2-3,6,8-9H,4-5,7H2,1H3,(H,19,20)/t8-,9-/m0/s1. The third kappa shape index (κ3) is 3.80. The molecule has 2 rings (SSSR count). The number of carbonyl (C=O) groups is 2. The van der Waals surface area contributed by atoms with Gasteiger partial charge >= 0.3 is 5.97 Å². The number of amides is 1. The van der Waals surface area contributed by atoms with E-state index in [0.717, 1.165) is 0 Å². The highest BCUT2D eigenvalue weighted by Crippen LogP contribution is 2.27. The molecule has 5 nitrogen and oxygen atoms in total. The summed E-state index contributed by atoms with van der Waals surface area (Å²) in [5.41, 5.74) is 0. The van der Waals surface area contributed by atoms with Crippen LogP contribution in [0.3, 0.4) is 0 Å². The number of rotatable bonds is 4. The lowest BCUT2D eigenvalue weighted by Gasteiger charge is -2.21. The SMILES string of the molecule is C[C@H](Oc1ccc(Cl)c(Cl)c1)C(=O)N1CC[C@H](C(=O)O)C1. The summed E-state index contributed by atoms with van der Waals surface area (Å²) in [6, 6.07) is 4.76. The van der Waals surface area contributed by atoms with E-state index in [0.29, 0.717) is 28.8 Å². The lowest BCUT2D eigenvalue weighted by Crippen LogP contribution is -2.39. The van der Waals surface area contributed by atoms with Gasteiger partial charge in [-0.2, -0.15) is 0 Å². The Morgan fingerprint density at radius 1 is 1.38 bits per heavy atom. The van der Waals surface area contributed by atoms with E-state index in [1.54, 1.807) is 19.1 Å². The molecule has 2 atom stereocenters. The van der Waals surface area contributed by atoms with Crippen LogP contribution in [0.1, 0.15) is 13.3 Å². The maximum atomic E-state index is 12.2. The van der Waals surface area contributed by atoms with E-state index in [4.69, 9.17) is 33.0 Å². The van der Waals surface area contributed by atoms with Gasteiger partial charge in [-0.25, -0.2) is 0 Å². The smallest absolute Gasteiger partial charge is 0.308 e. The van der Waals surface area contributed by atoms with Crippen molar-refractivity contribution in [3.63, 3.8) is 0 Å². The minimum absolute atomic E-state index is 0.225. The van der Waals surface area contributed by atoms with Crippen molar-refractivity contribution in [2.75, 3.05) is 13.1 Å². The summed E-state index contributed by atoms with van der Waals surface area (Å²) in [5, 5.41) is 9.70. The van der Waals surface area contributed by atoms with Crippen molar-refractivity contribution in [3.8, 4) is 5.75 Å². The fourth-order valence-electron chi connectivity index (χ4n) is 2.22. The van der Waals surface area contributed by atoms with Gasteiger partial charge in [0.05, 0.1) is 16.0 Å². The molecule has 1 aliphatic heterocycles. The third-order valence-corrected chi connectivity index (χ3v) is 4.14. The van der Waals surface area contributed by atoms with Crippen LogP contribution < -0.4 is 4.74 Å². The van der Waals surface area contributed by atoms with Crippen molar-refractivity contribution < 1.29 is 19.4 Å². The van der Waals surface area contributed by atoms with Crippen molar-refractivity contribution >= 4 is 35.1 Å². The Hall–Kier alpha value is -1.46. The number of hydrogen-bond acceptors (Lipinski definition) is 3. The molecule has 0 aliphatic carbocycles. The number of benzene rings is 1. The second kappa shape index (κ2) is 6.54. The van der Waals surface area contributed by atoms with E-state index in [1.807, 2.05) is 0 Å². The lowest BCUT2D eigenvalue weighted by molar-refractivity contribution is -0.142. The highest BCUT2D eigenvalue weighted by molar-refractivity contribution is 6.42. The van der Waals surface area contributed by atoms with E-state index in [1.165, 1.54) is 11.0 Å². The molecule has 7 heteroatoms. The maximum absolute atomic E-state index is 12.2. The highest BCUT2D eigenvalue weighted by atomic mass is 35.5. The molecule has 1 fully saturated rings. The van der Waals surface area contributed by atoms with Crippen LogP contribution >= 0.6 is 23.2 Å². The van der Waals surface area contributed by atoms with Crippen molar-refractivity contribution in [2.24, 2.45) is 5.92 Å². The zero-order chi connectivity index (χ0) is 15.6. The van der Waals surface area contributed by atoms with Gasteiger partial charge in [0.2, 0.25) is 0 Å². The van der Waals surface area contributed by atoms with Gasteiger partial charge in [-0.15, -0.1) is 0 Å². The van der Waals surface area contributed by atoms with Crippen LogP contribution in [-0.2, 0) is 9.59 Å². The number of aliphatic carboxylic acids is 1. The predicted octanol–water partition coefficient (Wildman–Crippen LogP) is 2.69. The van der Waals surface area contributed by atoms with E-state index in [-0.39, 0.29) is 12.5 Å². The number of hydrogen-bond donors (Lipinski definition) is 1. The van der Waals surface area contributed by atoms with Gasteiger partial charge in [0.15, 0.2) is 6.10 Å². The second-order valence-electron chi connectivity index (χ2n) is 4.94. The number of likely N-dealkylation sites (tertiary alicyclic amines) is 1. The molecule has 0 saturated carbocycles. The molecule has 1 aromatic rings. The highest BCUT2D eigenvalue weighted by Gasteiger charge is 2.33. The maximum Gasteiger partial charge on any atom is 0.308 e. The van der Waals surface area contributed by atoms with Crippen LogP contribution in [0, 0.1) is 5.92 Å². The van der Waals surface area contributed by atoms with Crippen LogP contribution in [0.2, 0.25) is 10.0 Å². The van der Waals surface area contributed by atoms with Crippen LogP contribution in [0.4, 0.5) is 0 Å². The Morgan fingerprint density at radius 2 is 2.10 bits per heavy atom. The summed E-state index contributed by atoms with van der Waals surface area (Å²) in [5.74, 6) is -1.15. The number of halogens is 2. The van der Waals surface area contributed by atoms with Gasteiger partial charge in [0.1, 0.15) is 5.75 Å². The first-order valence-corrected chi connectivity index (χ1v) is 7.27. The summed E-state index contributed by atoms with van der Waals surface area (Å²) in [6.45, 7) is 2.28. The number of nitrogens with zero attached hydrogens (tertiary/aromatic N) is 1. The fraction of sp³-hybridized carbons (Fsp3) is 0.429. The molecule has 0 spiro atoms. The van der Waals surface area contributed by atoms with Crippen molar-refractivity contribution in [1.82, 2.24) is 4.90 Å². The Kier molecular flexibility index (Phi) is 4.96. The first-order chi connectivity index (χ1) is 9.88. The topological polar surface area (TPSA) is 66.8 Å². The van der Waals surface area contributed by atoms with E-state index in [9.17, 15) is 9.59 Å². The Labute approximate surface area is 132 Å². The molecule has 1 aliphatic rings. The second-order valence-corrected chi connectivity index (χ2v) is 5.76. The van der Waals surface area contributed by atoms with Gasteiger partial charge in [-0.05, 0) is 25.5 Å². The van der Waals surface area contributed by atoms with Gasteiger partial charge < -0.3 is 14.7 Å². The zero-order valence-electron chi connectivity index (χ0n) is 11.4. The van der Waals surface area contributed by atoms with E-state index >= 15 is 0 Å². The van der Waals surface area contributed by atoms with Crippen LogP contribution in [0.15, 0.2) is 18.2 Å². The number of ether oxygens (including phenoxy) is 1. The van der Waals surface area contributed by atoms with Gasteiger partial charge in [-0.3, -0.25) is 9.59 Å². The molecule has 1 saturated heterocycles. The first kappa shape index (κ1) is 15.9. The molecular formula is C14H15Cl2NO4. The van der Waals surface area contributed by atoms with Crippen molar-refractivity contribution in [1.29, 1.82) is 0 Å². The van der Waals surface area contributed by atoms with Crippen LogP contribution in [0.5, 0.6) is 5.75 Å². The van der Waals surface area contributed by atoms with Crippen LogP contribution in [-0.4, -0.2) is 41.1 Å². The Balaban J connectivity index is 1.96. The van der Waals surface area contributed by atoms with E-state index < -0.39 is 18.0 Å². The molecule has 1 N–H and O–H groups in total. The lowest BCUT2D eigenvalue weighted by atomic mass is 10.1. The number of carbonyl (C=O) groups excluding carboxylic acids is 1. The summed E-state index contributed by atoms with van der Waals surface area (Å²) >= 11 is 11.7. The molecule has 1 heterocycles. The number of carboxylic acid groups (broad SMARTS) is 1. The predicted molar refractivity (Wildman–Crippen MR) is 78.9 cm³/mol. The van der Waals surface area contributed by atoms with E-state index in [2.05, 4.69) is 0 Å². The minimum Gasteiger partial charge on any atom is -0.481 e. The van der Waals surface area contributed by atoms with Gasteiger partial charge in [0, 0.05) is 19.2 Å². The average Bonchev–Trinajstić information content (AvgIpc) is 2.92. The molecule has 0 aromatic heterocycles. The minimum atomic E-state index is -0.872. The summed E-state index contributed by atoms with van der Waals surface area (Å²) in [4.78, 5) is 24.6. The first-order valence-electron chi connectivity index (χ1n) is 6.51. The van der Waals surface area contributed by atoms with Gasteiger partial charge in [-0.1, -0.05) is 23.2 Å². The summed E-state index contributed by atoms with van der Waals surface area (Å²) in [7, 11) is 0.